The fraction of sp³-hybridized carbons (Fsp3) is 0.619. The van der Waals surface area contributed by atoms with E-state index in [9.17, 15) is 27.2 Å². The molecule has 1 amide bonds. The Bertz CT molecular complexity index is 844. The van der Waals surface area contributed by atoms with Crippen LogP contribution >= 0.6 is 0 Å². The molecule has 0 saturated carbocycles. The number of halogens is 5. The number of ether oxygens (including phenoxy) is 2. The summed E-state index contributed by atoms with van der Waals surface area (Å²) in [6.45, 7) is 5.98. The van der Waals surface area contributed by atoms with Gasteiger partial charge in [0.2, 0.25) is 0 Å². The molecule has 1 N–H and O–H groups in total. The van der Waals surface area contributed by atoms with Crippen LogP contribution in [0.4, 0.5) is 32.4 Å². The van der Waals surface area contributed by atoms with Gasteiger partial charge in [0.1, 0.15) is 22.7 Å². The molecule has 6 nitrogen and oxygen atoms in total. The van der Waals surface area contributed by atoms with Crippen molar-refractivity contribution in [2.45, 2.75) is 58.0 Å². The first-order chi connectivity index (χ1) is 14.6. The van der Waals surface area contributed by atoms with Crippen molar-refractivity contribution in [1.82, 2.24) is 4.90 Å². The maximum absolute atomic E-state index is 15.2. The van der Waals surface area contributed by atoms with Crippen molar-refractivity contribution >= 4 is 17.7 Å². The molecule has 1 saturated heterocycles. The molecule has 11 heteroatoms. The number of benzene rings is 1. The van der Waals surface area contributed by atoms with E-state index in [0.29, 0.717) is 6.07 Å². The topological polar surface area (TPSA) is 67.9 Å². The van der Waals surface area contributed by atoms with Gasteiger partial charge >= 0.3 is 18.2 Å². The Kier molecular flexibility index (Phi) is 7.62. The smallest absolute Gasteiger partial charge is 0.421 e. The van der Waals surface area contributed by atoms with E-state index < -0.39 is 58.7 Å². The van der Waals surface area contributed by atoms with Gasteiger partial charge in [0.25, 0.3) is 0 Å². The lowest BCUT2D eigenvalue weighted by atomic mass is 9.93. The highest BCUT2D eigenvalue weighted by Crippen LogP contribution is 2.38. The molecule has 0 spiro atoms. The molecule has 1 aromatic rings. The average molecular weight is 466 g/mol. The summed E-state index contributed by atoms with van der Waals surface area (Å²) in [6, 6.07) is 1.24. The largest absolute Gasteiger partial charge is 0.462 e. The number of amides is 1. The van der Waals surface area contributed by atoms with Crippen molar-refractivity contribution in [3.8, 4) is 0 Å². The number of piperidine rings is 1. The zero-order valence-electron chi connectivity index (χ0n) is 18.4. The van der Waals surface area contributed by atoms with E-state index in [-0.39, 0.29) is 32.5 Å². The maximum atomic E-state index is 15.2. The predicted molar refractivity (Wildman–Crippen MR) is 107 cm³/mol. The quantitative estimate of drug-likeness (QED) is 0.479. The normalized spacial score (nSPS) is 16.5. The first kappa shape index (κ1) is 25.7. The van der Waals surface area contributed by atoms with Gasteiger partial charge in [-0.05, 0) is 39.8 Å². The van der Waals surface area contributed by atoms with Crippen LogP contribution in [-0.4, -0.2) is 54.5 Å². The lowest BCUT2D eigenvalue weighted by Gasteiger charge is -2.37. The second-order valence-corrected chi connectivity index (χ2v) is 8.57. The Morgan fingerprint density at radius 1 is 1.16 bits per heavy atom. The highest BCUT2D eigenvalue weighted by Gasteiger charge is 2.40. The van der Waals surface area contributed by atoms with Crippen LogP contribution in [0, 0.1) is 5.82 Å². The monoisotopic (exact) mass is 466 g/mol. The summed E-state index contributed by atoms with van der Waals surface area (Å²) in [4.78, 5) is 25.3. The van der Waals surface area contributed by atoms with Crippen LogP contribution in [0.15, 0.2) is 12.1 Å². The molecule has 0 bridgehead atoms. The molecule has 0 atom stereocenters. The van der Waals surface area contributed by atoms with Crippen LogP contribution in [0.3, 0.4) is 0 Å². The predicted octanol–water partition coefficient (Wildman–Crippen LogP) is 5.17. The zero-order valence-corrected chi connectivity index (χ0v) is 18.4. The molecule has 0 radical (unpaired) electrons. The molecule has 0 aromatic heterocycles. The minimum atomic E-state index is -5.07. The Morgan fingerprint density at radius 2 is 1.75 bits per heavy atom. The summed E-state index contributed by atoms with van der Waals surface area (Å²) < 4.78 is 79.5. The minimum Gasteiger partial charge on any atom is -0.462 e. The van der Waals surface area contributed by atoms with Crippen LogP contribution in [0.5, 0.6) is 0 Å². The summed E-state index contributed by atoms with van der Waals surface area (Å²) >= 11 is 0. The summed E-state index contributed by atoms with van der Waals surface area (Å²) in [5.41, 5.74) is -5.47. The average Bonchev–Trinajstić information content (AvgIpc) is 2.64. The number of carbonyl (C=O) groups excluding carboxylic acids is 2. The third-order valence-corrected chi connectivity index (χ3v) is 4.79. The van der Waals surface area contributed by atoms with E-state index in [4.69, 9.17) is 9.47 Å². The SMILES string of the molecule is CCOC(=O)c1cc(F)c(C(F)(F)F)c(NCC2(F)CCN(C(=O)OC(C)(C)C)CC2)c1. The molecule has 0 unspecified atom stereocenters. The van der Waals surface area contributed by atoms with Gasteiger partial charge in [-0.25, -0.2) is 18.4 Å². The number of rotatable bonds is 5. The molecule has 1 aromatic carbocycles. The van der Waals surface area contributed by atoms with Crippen molar-refractivity contribution in [2.24, 2.45) is 0 Å². The second-order valence-electron chi connectivity index (χ2n) is 8.57. The Hall–Kier alpha value is -2.59. The molecular formula is C21H27F5N2O4. The number of hydrogen-bond donors (Lipinski definition) is 1. The first-order valence-corrected chi connectivity index (χ1v) is 10.1. The number of hydrogen-bond acceptors (Lipinski definition) is 5. The van der Waals surface area contributed by atoms with E-state index in [1.165, 1.54) is 11.8 Å². The van der Waals surface area contributed by atoms with Crippen molar-refractivity contribution in [3.05, 3.63) is 29.1 Å². The van der Waals surface area contributed by atoms with Crippen LogP contribution in [0.25, 0.3) is 0 Å². The molecule has 180 valence electrons. The van der Waals surface area contributed by atoms with E-state index in [1.807, 2.05) is 0 Å². The highest BCUT2D eigenvalue weighted by atomic mass is 19.4. The van der Waals surface area contributed by atoms with E-state index in [0.717, 1.165) is 6.07 Å². The van der Waals surface area contributed by atoms with Crippen molar-refractivity contribution in [1.29, 1.82) is 0 Å². The number of nitrogens with zero attached hydrogens (tertiary/aromatic N) is 1. The minimum absolute atomic E-state index is 0.0104. The molecule has 1 aliphatic rings. The van der Waals surface area contributed by atoms with Crippen LogP contribution in [0.2, 0.25) is 0 Å². The molecule has 1 fully saturated rings. The fourth-order valence-corrected chi connectivity index (χ4v) is 3.21. The van der Waals surface area contributed by atoms with Gasteiger partial charge in [-0.15, -0.1) is 0 Å². The van der Waals surface area contributed by atoms with E-state index >= 15 is 4.39 Å². The third-order valence-electron chi connectivity index (χ3n) is 4.79. The molecule has 32 heavy (non-hydrogen) atoms. The molecule has 2 rings (SSSR count). The van der Waals surface area contributed by atoms with E-state index in [2.05, 4.69) is 5.32 Å². The third kappa shape index (κ3) is 6.70. The van der Waals surface area contributed by atoms with Crippen LogP contribution < -0.4 is 5.32 Å². The van der Waals surface area contributed by atoms with Crippen LogP contribution in [-0.2, 0) is 15.7 Å². The maximum Gasteiger partial charge on any atom is 0.421 e. The Morgan fingerprint density at radius 3 is 2.25 bits per heavy atom. The number of carbonyl (C=O) groups is 2. The summed E-state index contributed by atoms with van der Waals surface area (Å²) in [6.07, 6.45) is -5.97. The number of likely N-dealkylation sites (tertiary alicyclic amines) is 1. The number of esters is 1. The standard InChI is InChI=1S/C21H27F5N2O4/c1-5-31-17(29)13-10-14(22)16(21(24,25)26)15(11-13)27-12-20(23)6-8-28(9-7-20)18(30)32-19(2,3)4/h10-11,27H,5-9,12H2,1-4H3. The first-order valence-electron chi connectivity index (χ1n) is 10.1. The summed E-state index contributed by atoms with van der Waals surface area (Å²) in [5.74, 6) is -2.66. The Balaban J connectivity index is 2.15. The summed E-state index contributed by atoms with van der Waals surface area (Å²) in [5, 5.41) is 2.31. The van der Waals surface area contributed by atoms with Gasteiger partial charge in [-0.1, -0.05) is 0 Å². The molecule has 0 aliphatic carbocycles. The highest BCUT2D eigenvalue weighted by molar-refractivity contribution is 5.91. The number of alkyl halides is 4. The van der Waals surface area contributed by atoms with Crippen molar-refractivity contribution in [2.75, 3.05) is 31.6 Å². The van der Waals surface area contributed by atoms with Gasteiger partial charge in [0.15, 0.2) is 0 Å². The molecular weight excluding hydrogens is 439 g/mol. The van der Waals surface area contributed by atoms with E-state index in [1.54, 1.807) is 20.8 Å². The van der Waals surface area contributed by atoms with Gasteiger partial charge in [-0.3, -0.25) is 0 Å². The van der Waals surface area contributed by atoms with Gasteiger partial charge in [-0.2, -0.15) is 13.2 Å². The van der Waals surface area contributed by atoms with Gasteiger partial charge in [0.05, 0.1) is 17.9 Å². The second kappa shape index (κ2) is 9.50. The summed E-state index contributed by atoms with van der Waals surface area (Å²) in [7, 11) is 0. The van der Waals surface area contributed by atoms with Crippen molar-refractivity contribution in [3.63, 3.8) is 0 Å². The zero-order chi connectivity index (χ0) is 24.3. The Labute approximate surface area is 183 Å². The fourth-order valence-electron chi connectivity index (χ4n) is 3.21. The van der Waals surface area contributed by atoms with Gasteiger partial charge in [0, 0.05) is 32.5 Å². The molecule has 1 heterocycles. The van der Waals surface area contributed by atoms with Crippen molar-refractivity contribution < 1.29 is 41.0 Å². The van der Waals surface area contributed by atoms with Gasteiger partial charge < -0.3 is 19.7 Å². The lowest BCUT2D eigenvalue weighted by molar-refractivity contribution is -0.139. The number of nitrogens with one attached hydrogen (secondary N) is 1. The van der Waals surface area contributed by atoms with Crippen LogP contribution in [0.1, 0.15) is 56.5 Å². The number of anilines is 1. The lowest BCUT2D eigenvalue weighted by Crippen LogP contribution is -2.48. The molecule has 1 aliphatic heterocycles.